The van der Waals surface area contributed by atoms with Crippen LogP contribution >= 0.6 is 0 Å². The van der Waals surface area contributed by atoms with Crippen LogP contribution in [-0.4, -0.2) is 79.3 Å². The molecule has 0 bridgehead atoms. The van der Waals surface area contributed by atoms with Crippen molar-refractivity contribution in [1.82, 2.24) is 39.5 Å². The van der Waals surface area contributed by atoms with Crippen LogP contribution in [0.1, 0.15) is 26.8 Å². The monoisotopic (exact) mass is 840 g/mol. The molecule has 1 aromatic carbocycles. The number of aromatic nitrogens is 5. The third-order valence-electron chi connectivity index (χ3n) is 7.36. The minimum absolute atomic E-state index is 0. The summed E-state index contributed by atoms with van der Waals surface area (Å²) in [5.74, 6) is 53.4. The van der Waals surface area contributed by atoms with Crippen molar-refractivity contribution in [2.75, 3.05) is 40.3 Å². The van der Waals surface area contributed by atoms with Crippen LogP contribution in [0.25, 0.3) is 16.7 Å². The number of ether oxygens (including phenoxy) is 1. The second kappa shape index (κ2) is 27.6. The minimum Gasteiger partial charge on any atom is -0.497 e. The highest BCUT2D eigenvalue weighted by Crippen LogP contribution is 2.19. The molecule has 18 nitrogen and oxygen atoms in total. The average molecular weight is 841 g/mol. The molecule has 0 atom stereocenters. The quantitative estimate of drug-likeness (QED) is 0.0861. The van der Waals surface area contributed by atoms with Crippen LogP contribution in [0.15, 0.2) is 68.5 Å². The predicted octanol–water partition coefficient (Wildman–Crippen LogP) is 3.61. The van der Waals surface area contributed by atoms with Crippen LogP contribution in [0.5, 0.6) is 5.75 Å². The minimum atomic E-state index is -0.907. The first-order valence-electron chi connectivity index (χ1n) is 17.4. The maximum Gasteiger partial charge on any atom is 0.351 e. The van der Waals surface area contributed by atoms with Gasteiger partial charge in [-0.15, -0.1) is 12.8 Å². The molecule has 1 aliphatic rings. The lowest BCUT2D eigenvalue weighted by Crippen LogP contribution is -2.43. The standard InChI is InChI=1S/C22H25N7O2.C22H2.H3N7O2.11H2/c1-26-7-9-27(10-8-26)13-17-11-19-20(23-12-17)21-24-15-25-29(21)22(30)28(19)14-16-3-5-18(31-2)6-4-16;1-3-5-7-9-11-13-15-17-19-21-22-20-18-16-14-12-10-8-6-4-2;1-2-3-4-5-6-7(8)9;;;;;;;;;;;/h3-6,11-12,15H,7-10,13-14H2,1-2H3;1-2H;(H2,1,3,5)(H,2,4,6);11*1H. The Kier molecular flexibility index (Phi) is 20.7. The molecular formula is C44H52N14O4. The number of nitrogens with one attached hydrogen (secondary N) is 1. The molecule has 0 unspecified atom stereocenters. The van der Waals surface area contributed by atoms with Crippen molar-refractivity contribution in [3.63, 3.8) is 0 Å². The summed E-state index contributed by atoms with van der Waals surface area (Å²) in [5, 5.41) is 23.4. The van der Waals surface area contributed by atoms with E-state index in [1.54, 1.807) is 11.7 Å². The van der Waals surface area contributed by atoms with Crippen LogP contribution in [0.4, 0.5) is 0 Å². The van der Waals surface area contributed by atoms with Gasteiger partial charge in [0.25, 0.3) is 0 Å². The number of hydrazine groups is 1. The maximum atomic E-state index is 13.2. The molecule has 0 saturated carbocycles. The molecule has 322 valence electrons. The Balaban J connectivity index is -0.000000125. The molecule has 4 heterocycles. The van der Waals surface area contributed by atoms with Crippen LogP contribution in [0, 0.1) is 141 Å². The molecule has 0 amide bonds. The molecule has 0 aliphatic carbocycles. The van der Waals surface area contributed by atoms with Gasteiger partial charge in [-0.25, -0.2) is 9.78 Å². The smallest absolute Gasteiger partial charge is 0.351 e. The number of methoxy groups -OCH3 is 1. The number of nitrogens with zero attached hydrogens (tertiary/aromatic N) is 12. The number of rotatable bonds is 8. The van der Waals surface area contributed by atoms with Gasteiger partial charge in [0.05, 0.1) is 24.2 Å². The molecule has 0 spiro atoms. The van der Waals surface area contributed by atoms with Crippen molar-refractivity contribution in [3.05, 3.63) is 74.6 Å². The second-order valence-corrected chi connectivity index (χ2v) is 11.3. The van der Waals surface area contributed by atoms with E-state index in [0.29, 0.717) is 17.7 Å². The zero-order valence-electron chi connectivity index (χ0n) is 33.0. The molecule has 3 aromatic heterocycles. The Morgan fingerprint density at radius 1 is 0.806 bits per heavy atom. The van der Waals surface area contributed by atoms with Gasteiger partial charge in [0.15, 0.2) is 10.9 Å². The molecule has 1 aliphatic heterocycles. The predicted molar refractivity (Wildman–Crippen MR) is 252 cm³/mol. The zero-order chi connectivity index (χ0) is 44.6. The summed E-state index contributed by atoms with van der Waals surface area (Å²) in [6.07, 6.45) is 13.1. The van der Waals surface area contributed by atoms with Gasteiger partial charge >= 0.3 is 5.69 Å². The number of nitro groups is 1. The summed E-state index contributed by atoms with van der Waals surface area (Å²) < 4.78 is 8.29. The van der Waals surface area contributed by atoms with Gasteiger partial charge in [-0.05, 0) is 131 Å². The normalized spacial score (nSPS) is 10.7. The van der Waals surface area contributed by atoms with E-state index in [9.17, 15) is 14.9 Å². The molecule has 5 rings (SSSR count). The first-order valence-corrected chi connectivity index (χ1v) is 17.4. The Bertz CT molecular complexity index is 3010. The number of nitrogens with two attached hydrogens (primary N) is 1. The molecule has 62 heavy (non-hydrogen) atoms. The number of hydrogen-bond donors (Lipinski definition) is 2. The number of pyridine rings is 1. The molecule has 4 aromatic rings. The van der Waals surface area contributed by atoms with Crippen LogP contribution in [0.3, 0.4) is 0 Å². The lowest BCUT2D eigenvalue weighted by molar-refractivity contribution is -0.546. The number of terminal acetylenes is 2. The van der Waals surface area contributed by atoms with E-state index in [4.69, 9.17) is 22.6 Å². The number of benzene rings is 1. The fraction of sp³-hybridized carbons (Fsp3) is 0.182. The number of likely N-dealkylation sites (N-methyl/N-ethyl adjacent to an activating group) is 1. The summed E-state index contributed by atoms with van der Waals surface area (Å²) in [6.45, 7) is 5.39. The molecule has 18 heteroatoms. The highest BCUT2D eigenvalue weighted by atomic mass is 16.7. The number of piperazine rings is 1. The Morgan fingerprint density at radius 3 is 1.82 bits per heavy atom. The SMILES string of the molecule is C#CC#CC#CC#CC#CC#CC#CC#CC#CC#CC#C.COc1ccc(Cn2c(=O)n3ncnc3c3ncc(CN4CCN(C)CC4)cc32)cc1.NN=NN=NN[N+](=O)[O-].[HH].[HH].[HH].[HH].[HH].[HH].[HH].[HH].[HH].[HH].[HH]. The molecule has 0 radical (unpaired) electrons. The topological polar surface area (TPSA) is 211 Å². The highest BCUT2D eigenvalue weighted by Gasteiger charge is 2.17. The fourth-order valence-corrected chi connectivity index (χ4v) is 4.72. The van der Waals surface area contributed by atoms with Crippen LogP contribution in [0.2, 0.25) is 0 Å². The summed E-state index contributed by atoms with van der Waals surface area (Å²) in [7, 11) is 3.79. The third kappa shape index (κ3) is 17.1. The summed E-state index contributed by atoms with van der Waals surface area (Å²) in [4.78, 5) is 36.3. The highest BCUT2D eigenvalue weighted by molar-refractivity contribution is 5.87. The van der Waals surface area contributed by atoms with Crippen molar-refractivity contribution in [1.29, 1.82) is 0 Å². The number of fused-ring (bicyclic) bond motifs is 3. The summed E-state index contributed by atoms with van der Waals surface area (Å²) in [6, 6.07) is 9.79. The van der Waals surface area contributed by atoms with Gasteiger partial charge in [0, 0.05) is 89.1 Å². The molecular weight excluding hydrogens is 789 g/mol. The van der Waals surface area contributed by atoms with E-state index in [-0.39, 0.29) is 21.4 Å². The first kappa shape index (κ1) is 46.4. The first-order chi connectivity index (χ1) is 30.3. The van der Waals surface area contributed by atoms with Gasteiger partial charge in [0.2, 0.25) is 0 Å². The lowest BCUT2D eigenvalue weighted by Gasteiger charge is -2.32. The third-order valence-corrected chi connectivity index (χ3v) is 7.36. The van der Waals surface area contributed by atoms with Crippen molar-refractivity contribution in [2.24, 2.45) is 26.7 Å². The number of hydrogen-bond acceptors (Lipinski definition) is 11. The summed E-state index contributed by atoms with van der Waals surface area (Å²) in [5.41, 5.74) is 5.13. The second-order valence-electron chi connectivity index (χ2n) is 11.3. The average Bonchev–Trinajstić information content (AvgIpc) is 3.78. The zero-order valence-corrected chi connectivity index (χ0v) is 33.0. The maximum absolute atomic E-state index is 13.2. The van der Waals surface area contributed by atoms with Crippen molar-refractivity contribution >= 4 is 16.7 Å². The summed E-state index contributed by atoms with van der Waals surface area (Å²) >= 11 is 0. The van der Waals surface area contributed by atoms with E-state index < -0.39 is 5.03 Å². The lowest BCUT2D eigenvalue weighted by atomic mass is 10.2. The molecule has 1 fully saturated rings. The van der Waals surface area contributed by atoms with E-state index >= 15 is 0 Å². The van der Waals surface area contributed by atoms with Crippen molar-refractivity contribution in [2.45, 2.75) is 13.1 Å². The van der Waals surface area contributed by atoms with Crippen molar-refractivity contribution in [3.8, 4) is 137 Å². The largest absolute Gasteiger partial charge is 0.497 e. The molecule has 1 saturated heterocycles. The van der Waals surface area contributed by atoms with Gasteiger partial charge < -0.3 is 25.6 Å². The van der Waals surface area contributed by atoms with Crippen LogP contribution < -0.4 is 21.8 Å². The van der Waals surface area contributed by atoms with E-state index in [2.05, 4.69) is 178 Å². The Labute approximate surface area is 373 Å². The van der Waals surface area contributed by atoms with E-state index in [1.807, 2.05) is 30.5 Å². The van der Waals surface area contributed by atoms with E-state index in [0.717, 1.165) is 55.1 Å². The van der Waals surface area contributed by atoms with Gasteiger partial charge in [0.1, 0.15) is 22.8 Å². The Hall–Kier alpha value is -9.94. The van der Waals surface area contributed by atoms with Gasteiger partial charge in [-0.3, -0.25) is 14.5 Å². The van der Waals surface area contributed by atoms with Crippen molar-refractivity contribution < 1.29 is 25.5 Å². The fourth-order valence-electron chi connectivity index (χ4n) is 4.72. The van der Waals surface area contributed by atoms with Crippen LogP contribution in [-0.2, 0) is 13.1 Å². The van der Waals surface area contributed by atoms with Gasteiger partial charge in [-0.1, -0.05) is 17.4 Å². The van der Waals surface area contributed by atoms with E-state index in [1.165, 1.54) is 16.4 Å². The Morgan fingerprint density at radius 2 is 1.34 bits per heavy atom. The molecule has 3 N–H and O–H groups in total. The van der Waals surface area contributed by atoms with Gasteiger partial charge in [-0.2, -0.15) is 9.61 Å².